The van der Waals surface area contributed by atoms with E-state index >= 15 is 0 Å². The molecule has 4 nitrogen and oxygen atoms in total. The van der Waals surface area contributed by atoms with Crippen LogP contribution in [0.4, 0.5) is 5.69 Å². The van der Waals surface area contributed by atoms with Crippen LogP contribution < -0.4 is 15.8 Å². The van der Waals surface area contributed by atoms with Gasteiger partial charge in [-0.25, -0.2) is 0 Å². The fourth-order valence-corrected chi connectivity index (χ4v) is 3.13. The Balaban J connectivity index is 2.05. The SMILES string of the molecule is CCC1CCC(NC(=O)c2ccc(N)c(OC)c2)C1C. The van der Waals surface area contributed by atoms with Gasteiger partial charge in [0.1, 0.15) is 5.75 Å². The van der Waals surface area contributed by atoms with E-state index in [4.69, 9.17) is 10.5 Å². The van der Waals surface area contributed by atoms with Crippen LogP contribution in [0.2, 0.25) is 0 Å². The molecule has 0 saturated heterocycles. The van der Waals surface area contributed by atoms with Gasteiger partial charge in [0.25, 0.3) is 5.91 Å². The van der Waals surface area contributed by atoms with Gasteiger partial charge in [-0.05, 0) is 42.9 Å². The maximum absolute atomic E-state index is 12.3. The topological polar surface area (TPSA) is 64.4 Å². The first kappa shape index (κ1) is 14.7. The molecule has 2 rings (SSSR count). The maximum atomic E-state index is 12.3. The molecule has 20 heavy (non-hydrogen) atoms. The van der Waals surface area contributed by atoms with E-state index < -0.39 is 0 Å². The van der Waals surface area contributed by atoms with Gasteiger partial charge >= 0.3 is 0 Å². The lowest BCUT2D eigenvalue weighted by atomic mass is 9.93. The Morgan fingerprint density at radius 3 is 2.80 bits per heavy atom. The lowest BCUT2D eigenvalue weighted by Gasteiger charge is -2.21. The summed E-state index contributed by atoms with van der Waals surface area (Å²) in [6.07, 6.45) is 3.45. The number of ether oxygens (including phenoxy) is 1. The minimum atomic E-state index is -0.0445. The summed E-state index contributed by atoms with van der Waals surface area (Å²) in [6, 6.07) is 5.42. The zero-order chi connectivity index (χ0) is 14.7. The summed E-state index contributed by atoms with van der Waals surface area (Å²) in [5.74, 6) is 1.77. The second-order valence-corrected chi connectivity index (χ2v) is 5.64. The lowest BCUT2D eigenvalue weighted by molar-refractivity contribution is 0.0926. The molecule has 1 aromatic carbocycles. The zero-order valence-corrected chi connectivity index (χ0v) is 12.5. The fraction of sp³-hybridized carbons (Fsp3) is 0.562. The first-order valence-corrected chi connectivity index (χ1v) is 7.31. The van der Waals surface area contributed by atoms with Crippen molar-refractivity contribution in [3.8, 4) is 5.75 Å². The van der Waals surface area contributed by atoms with Gasteiger partial charge in [0, 0.05) is 11.6 Å². The van der Waals surface area contributed by atoms with Gasteiger partial charge in [0.2, 0.25) is 0 Å². The van der Waals surface area contributed by atoms with Crippen LogP contribution in [0.3, 0.4) is 0 Å². The second-order valence-electron chi connectivity index (χ2n) is 5.64. The van der Waals surface area contributed by atoms with Crippen LogP contribution in [-0.2, 0) is 0 Å². The number of nitrogens with one attached hydrogen (secondary N) is 1. The molecule has 1 aromatic rings. The van der Waals surface area contributed by atoms with Gasteiger partial charge in [-0.1, -0.05) is 20.3 Å². The van der Waals surface area contributed by atoms with Gasteiger partial charge in [0.15, 0.2) is 0 Å². The van der Waals surface area contributed by atoms with Crippen molar-refractivity contribution in [1.29, 1.82) is 0 Å². The number of carbonyl (C=O) groups is 1. The average Bonchev–Trinajstić information content (AvgIpc) is 2.80. The Bertz CT molecular complexity index is 487. The number of methoxy groups -OCH3 is 1. The number of amides is 1. The predicted octanol–water partition coefficient (Wildman–Crippen LogP) is 2.83. The maximum Gasteiger partial charge on any atom is 0.251 e. The molecule has 4 heteroatoms. The van der Waals surface area contributed by atoms with Crippen molar-refractivity contribution in [2.24, 2.45) is 11.8 Å². The monoisotopic (exact) mass is 276 g/mol. The Morgan fingerprint density at radius 2 is 2.20 bits per heavy atom. The smallest absolute Gasteiger partial charge is 0.251 e. The number of carbonyl (C=O) groups excluding carboxylic acids is 1. The predicted molar refractivity (Wildman–Crippen MR) is 80.8 cm³/mol. The quantitative estimate of drug-likeness (QED) is 0.831. The largest absolute Gasteiger partial charge is 0.495 e. The minimum absolute atomic E-state index is 0.0445. The third kappa shape index (κ3) is 2.89. The van der Waals surface area contributed by atoms with Gasteiger partial charge in [-0.2, -0.15) is 0 Å². The number of rotatable bonds is 4. The molecule has 110 valence electrons. The summed E-state index contributed by atoms with van der Waals surface area (Å²) in [7, 11) is 1.55. The minimum Gasteiger partial charge on any atom is -0.495 e. The molecule has 1 amide bonds. The van der Waals surface area contributed by atoms with Crippen LogP contribution in [-0.4, -0.2) is 19.1 Å². The number of nitrogen functional groups attached to an aromatic ring is 1. The molecule has 3 unspecified atom stereocenters. The van der Waals surface area contributed by atoms with E-state index in [1.807, 2.05) is 0 Å². The molecular formula is C16H24N2O2. The van der Waals surface area contributed by atoms with Crippen molar-refractivity contribution in [1.82, 2.24) is 5.32 Å². The lowest BCUT2D eigenvalue weighted by Crippen LogP contribution is -2.37. The molecule has 0 radical (unpaired) electrons. The molecule has 0 bridgehead atoms. The van der Waals surface area contributed by atoms with Gasteiger partial charge < -0.3 is 15.8 Å². The summed E-state index contributed by atoms with van der Waals surface area (Å²) in [5.41, 5.74) is 6.91. The Kier molecular flexibility index (Phi) is 4.53. The van der Waals surface area contributed by atoms with E-state index in [0.29, 0.717) is 22.9 Å². The summed E-state index contributed by atoms with van der Waals surface area (Å²) in [6.45, 7) is 4.45. The second kappa shape index (κ2) is 6.16. The van der Waals surface area contributed by atoms with E-state index in [1.165, 1.54) is 12.8 Å². The highest BCUT2D eigenvalue weighted by Gasteiger charge is 2.32. The first-order valence-electron chi connectivity index (χ1n) is 7.31. The molecule has 0 aliphatic heterocycles. The highest BCUT2D eigenvalue weighted by molar-refractivity contribution is 5.95. The van der Waals surface area contributed by atoms with E-state index in [-0.39, 0.29) is 11.9 Å². The zero-order valence-electron chi connectivity index (χ0n) is 12.5. The van der Waals surface area contributed by atoms with Crippen molar-refractivity contribution in [2.75, 3.05) is 12.8 Å². The molecule has 1 saturated carbocycles. The number of hydrogen-bond donors (Lipinski definition) is 2. The Morgan fingerprint density at radius 1 is 1.45 bits per heavy atom. The number of hydrogen-bond acceptors (Lipinski definition) is 3. The van der Waals surface area contributed by atoms with Gasteiger partial charge in [-0.3, -0.25) is 4.79 Å². The third-order valence-corrected chi connectivity index (χ3v) is 4.56. The molecule has 1 aliphatic rings. The van der Waals surface area contributed by atoms with Crippen molar-refractivity contribution in [3.05, 3.63) is 23.8 Å². The molecule has 0 heterocycles. The fourth-order valence-electron chi connectivity index (χ4n) is 3.13. The average molecular weight is 276 g/mol. The van der Waals surface area contributed by atoms with E-state index in [0.717, 1.165) is 12.3 Å². The number of benzene rings is 1. The molecule has 0 aromatic heterocycles. The molecule has 3 N–H and O–H groups in total. The third-order valence-electron chi connectivity index (χ3n) is 4.56. The Hall–Kier alpha value is -1.71. The van der Waals surface area contributed by atoms with E-state index in [1.54, 1.807) is 25.3 Å². The van der Waals surface area contributed by atoms with E-state index in [2.05, 4.69) is 19.2 Å². The van der Waals surface area contributed by atoms with Crippen LogP contribution in [0, 0.1) is 11.8 Å². The normalized spacial score (nSPS) is 25.4. The Labute approximate surface area is 120 Å². The number of nitrogens with two attached hydrogens (primary N) is 1. The summed E-state index contributed by atoms with van der Waals surface area (Å²) in [5, 5.41) is 3.14. The molecule has 0 spiro atoms. The summed E-state index contributed by atoms with van der Waals surface area (Å²) < 4.78 is 5.16. The van der Waals surface area contributed by atoms with Crippen LogP contribution in [0.25, 0.3) is 0 Å². The molecule has 1 aliphatic carbocycles. The van der Waals surface area contributed by atoms with Crippen molar-refractivity contribution in [2.45, 2.75) is 39.2 Å². The summed E-state index contributed by atoms with van der Waals surface area (Å²) >= 11 is 0. The molecule has 1 fully saturated rings. The molecular weight excluding hydrogens is 252 g/mol. The van der Waals surface area contributed by atoms with Crippen LogP contribution in [0.5, 0.6) is 5.75 Å². The summed E-state index contributed by atoms with van der Waals surface area (Å²) in [4.78, 5) is 12.3. The van der Waals surface area contributed by atoms with Crippen LogP contribution in [0.1, 0.15) is 43.5 Å². The highest BCUT2D eigenvalue weighted by atomic mass is 16.5. The standard InChI is InChI=1S/C16H24N2O2/c1-4-11-6-8-14(10(11)2)18-16(19)12-5-7-13(17)15(9-12)20-3/h5,7,9-11,14H,4,6,8,17H2,1-3H3,(H,18,19). The number of anilines is 1. The van der Waals surface area contributed by atoms with Gasteiger partial charge in [-0.15, -0.1) is 0 Å². The van der Waals surface area contributed by atoms with Crippen molar-refractivity contribution < 1.29 is 9.53 Å². The van der Waals surface area contributed by atoms with Crippen LogP contribution >= 0.6 is 0 Å². The molecule has 3 atom stereocenters. The van der Waals surface area contributed by atoms with Gasteiger partial charge in [0.05, 0.1) is 12.8 Å². The highest BCUT2D eigenvalue weighted by Crippen LogP contribution is 2.34. The van der Waals surface area contributed by atoms with Crippen LogP contribution in [0.15, 0.2) is 18.2 Å². The van der Waals surface area contributed by atoms with Crippen molar-refractivity contribution >= 4 is 11.6 Å². The van der Waals surface area contributed by atoms with Crippen molar-refractivity contribution in [3.63, 3.8) is 0 Å². The first-order chi connectivity index (χ1) is 9.56. The van der Waals surface area contributed by atoms with E-state index in [9.17, 15) is 4.79 Å².